The molecule has 0 aromatic carbocycles. The maximum atomic E-state index is 10.0. The van der Waals surface area contributed by atoms with Crippen molar-refractivity contribution in [2.75, 3.05) is 24.7 Å². The summed E-state index contributed by atoms with van der Waals surface area (Å²) in [5, 5.41) is 13.4. The Bertz CT molecular complexity index is 246. The molecule has 1 aliphatic heterocycles. The highest BCUT2D eigenvalue weighted by molar-refractivity contribution is 7.99. The molecule has 2 N–H and O–H groups in total. The van der Waals surface area contributed by atoms with Gasteiger partial charge in [0, 0.05) is 18.3 Å². The first-order valence-corrected chi connectivity index (χ1v) is 9.06. The van der Waals surface area contributed by atoms with Crippen LogP contribution in [0.15, 0.2) is 0 Å². The number of hydrogen-bond donors (Lipinski definition) is 2. The molecule has 0 radical (unpaired) electrons. The molecule has 3 nitrogen and oxygen atoms in total. The van der Waals surface area contributed by atoms with Crippen LogP contribution < -0.4 is 5.32 Å². The van der Waals surface area contributed by atoms with Crippen LogP contribution in [0.4, 0.5) is 0 Å². The largest absolute Gasteiger partial charge is 0.389 e. The molecule has 2 aliphatic rings. The number of aliphatic hydroxyl groups is 1. The Morgan fingerprint density at radius 3 is 2.89 bits per heavy atom. The van der Waals surface area contributed by atoms with Gasteiger partial charge in [-0.1, -0.05) is 26.2 Å². The van der Waals surface area contributed by atoms with Crippen molar-refractivity contribution in [3.63, 3.8) is 0 Å². The Hall–Kier alpha value is 0.230. The van der Waals surface area contributed by atoms with Gasteiger partial charge in [0.1, 0.15) is 0 Å². The third-order valence-electron chi connectivity index (χ3n) is 4.44. The maximum absolute atomic E-state index is 10.0. The zero-order valence-corrected chi connectivity index (χ0v) is 13.0. The molecule has 19 heavy (non-hydrogen) atoms. The Kier molecular flexibility index (Phi) is 6.99. The predicted octanol–water partition coefficient (Wildman–Crippen LogP) is 2.43. The topological polar surface area (TPSA) is 41.5 Å². The minimum absolute atomic E-state index is 0.356. The standard InChI is InChI=1S/C15H29NO2S/c1-2-12-5-3-4-6-15(12)18-10-14(17)9-16-13-7-8-19-11-13/h12-17H,2-11H2,1H3. The number of nitrogens with one attached hydrogen (secondary N) is 1. The zero-order valence-electron chi connectivity index (χ0n) is 12.1. The summed E-state index contributed by atoms with van der Waals surface area (Å²) in [5.41, 5.74) is 0. The van der Waals surface area contributed by atoms with E-state index in [4.69, 9.17) is 4.74 Å². The second kappa shape index (κ2) is 8.50. The molecule has 2 fully saturated rings. The highest BCUT2D eigenvalue weighted by atomic mass is 32.2. The van der Waals surface area contributed by atoms with Crippen LogP contribution in [0, 0.1) is 5.92 Å². The molecule has 0 aromatic rings. The molecule has 4 atom stereocenters. The third kappa shape index (κ3) is 5.25. The highest BCUT2D eigenvalue weighted by Crippen LogP contribution is 2.29. The molecule has 0 amide bonds. The normalized spacial score (nSPS) is 33.5. The van der Waals surface area contributed by atoms with Gasteiger partial charge < -0.3 is 15.2 Å². The summed E-state index contributed by atoms with van der Waals surface area (Å²) in [5.74, 6) is 3.15. The third-order valence-corrected chi connectivity index (χ3v) is 5.60. The van der Waals surface area contributed by atoms with Crippen LogP contribution in [-0.4, -0.2) is 48.0 Å². The van der Waals surface area contributed by atoms with Crippen molar-refractivity contribution in [3.8, 4) is 0 Å². The van der Waals surface area contributed by atoms with Crippen LogP contribution in [0.25, 0.3) is 0 Å². The molecule has 0 bridgehead atoms. The molecule has 1 heterocycles. The minimum atomic E-state index is -0.356. The van der Waals surface area contributed by atoms with Crippen molar-refractivity contribution < 1.29 is 9.84 Å². The summed E-state index contributed by atoms with van der Waals surface area (Å²) in [6, 6.07) is 0.595. The predicted molar refractivity (Wildman–Crippen MR) is 81.7 cm³/mol. The van der Waals surface area contributed by atoms with Gasteiger partial charge in [0.2, 0.25) is 0 Å². The average Bonchev–Trinajstić information content (AvgIpc) is 2.96. The Morgan fingerprint density at radius 1 is 1.32 bits per heavy atom. The molecule has 1 saturated carbocycles. The Labute approximate surface area is 121 Å². The van der Waals surface area contributed by atoms with E-state index in [0.717, 1.165) is 0 Å². The lowest BCUT2D eigenvalue weighted by atomic mass is 9.85. The fraction of sp³-hybridized carbons (Fsp3) is 1.00. The van der Waals surface area contributed by atoms with Gasteiger partial charge in [-0.15, -0.1) is 0 Å². The Balaban J connectivity index is 1.60. The van der Waals surface area contributed by atoms with Crippen LogP contribution in [-0.2, 0) is 4.74 Å². The lowest BCUT2D eigenvalue weighted by molar-refractivity contribution is -0.0502. The molecule has 1 saturated heterocycles. The first-order chi connectivity index (χ1) is 9.29. The van der Waals surface area contributed by atoms with E-state index in [9.17, 15) is 5.11 Å². The van der Waals surface area contributed by atoms with E-state index in [2.05, 4.69) is 12.2 Å². The van der Waals surface area contributed by atoms with Crippen molar-refractivity contribution in [1.82, 2.24) is 5.32 Å². The average molecular weight is 287 g/mol. The van der Waals surface area contributed by atoms with E-state index in [0.29, 0.717) is 31.2 Å². The number of ether oxygens (including phenoxy) is 1. The number of hydrogen-bond acceptors (Lipinski definition) is 4. The summed E-state index contributed by atoms with van der Waals surface area (Å²) in [6.45, 7) is 3.42. The summed E-state index contributed by atoms with van der Waals surface area (Å²) < 4.78 is 5.97. The molecule has 112 valence electrons. The zero-order chi connectivity index (χ0) is 13.5. The summed E-state index contributed by atoms with van der Waals surface area (Å²) in [6.07, 6.45) is 7.58. The Morgan fingerprint density at radius 2 is 2.16 bits per heavy atom. The number of thioether (sulfide) groups is 1. The first kappa shape index (κ1) is 15.6. The second-order valence-corrected chi connectivity index (χ2v) is 7.10. The van der Waals surface area contributed by atoms with E-state index in [-0.39, 0.29) is 6.10 Å². The van der Waals surface area contributed by atoms with Crippen molar-refractivity contribution >= 4 is 11.8 Å². The van der Waals surface area contributed by atoms with Crippen LogP contribution in [0.3, 0.4) is 0 Å². The van der Waals surface area contributed by atoms with Gasteiger partial charge >= 0.3 is 0 Å². The summed E-state index contributed by atoms with van der Waals surface area (Å²) in [7, 11) is 0. The van der Waals surface area contributed by atoms with Crippen molar-refractivity contribution in [3.05, 3.63) is 0 Å². The van der Waals surface area contributed by atoms with Crippen molar-refractivity contribution in [2.24, 2.45) is 5.92 Å². The van der Waals surface area contributed by atoms with E-state index < -0.39 is 0 Å². The molecule has 0 aromatic heterocycles. The quantitative estimate of drug-likeness (QED) is 0.754. The van der Waals surface area contributed by atoms with E-state index in [1.807, 2.05) is 11.8 Å². The molecule has 1 aliphatic carbocycles. The van der Waals surface area contributed by atoms with Gasteiger partial charge in [0.25, 0.3) is 0 Å². The number of aliphatic hydroxyl groups excluding tert-OH is 1. The lowest BCUT2D eigenvalue weighted by Crippen LogP contribution is -2.39. The fourth-order valence-electron chi connectivity index (χ4n) is 3.15. The molecule has 2 rings (SSSR count). The lowest BCUT2D eigenvalue weighted by Gasteiger charge is -2.31. The van der Waals surface area contributed by atoms with Crippen LogP contribution in [0.1, 0.15) is 45.4 Å². The van der Waals surface area contributed by atoms with Gasteiger partial charge in [0.15, 0.2) is 0 Å². The van der Waals surface area contributed by atoms with Gasteiger partial charge in [0.05, 0.1) is 18.8 Å². The highest BCUT2D eigenvalue weighted by Gasteiger charge is 2.25. The molecular formula is C15H29NO2S. The summed E-state index contributed by atoms with van der Waals surface area (Å²) >= 11 is 2.00. The molecule has 4 heteroatoms. The van der Waals surface area contributed by atoms with Gasteiger partial charge in [-0.05, 0) is 30.9 Å². The minimum Gasteiger partial charge on any atom is -0.389 e. The van der Waals surface area contributed by atoms with Crippen LogP contribution in [0.5, 0.6) is 0 Å². The summed E-state index contributed by atoms with van der Waals surface area (Å²) in [4.78, 5) is 0. The second-order valence-electron chi connectivity index (χ2n) is 5.95. The van der Waals surface area contributed by atoms with E-state index >= 15 is 0 Å². The maximum Gasteiger partial charge on any atom is 0.0897 e. The molecule has 0 spiro atoms. The fourth-order valence-corrected chi connectivity index (χ4v) is 4.34. The monoisotopic (exact) mass is 287 g/mol. The molecular weight excluding hydrogens is 258 g/mol. The van der Waals surface area contributed by atoms with Crippen molar-refractivity contribution in [1.29, 1.82) is 0 Å². The van der Waals surface area contributed by atoms with Crippen molar-refractivity contribution in [2.45, 2.75) is 63.7 Å². The van der Waals surface area contributed by atoms with Gasteiger partial charge in [-0.3, -0.25) is 0 Å². The first-order valence-electron chi connectivity index (χ1n) is 7.90. The number of rotatable bonds is 7. The van der Waals surface area contributed by atoms with Gasteiger partial charge in [-0.2, -0.15) is 11.8 Å². The van der Waals surface area contributed by atoms with Gasteiger partial charge in [-0.25, -0.2) is 0 Å². The van der Waals surface area contributed by atoms with E-state index in [1.54, 1.807) is 0 Å². The smallest absolute Gasteiger partial charge is 0.0897 e. The van der Waals surface area contributed by atoms with Crippen LogP contribution >= 0.6 is 11.8 Å². The van der Waals surface area contributed by atoms with Crippen LogP contribution in [0.2, 0.25) is 0 Å². The SMILES string of the molecule is CCC1CCCCC1OCC(O)CNC1CCSC1. The molecule has 4 unspecified atom stereocenters. The van der Waals surface area contributed by atoms with E-state index in [1.165, 1.54) is 50.0 Å².